The van der Waals surface area contributed by atoms with Crippen molar-refractivity contribution in [3.63, 3.8) is 0 Å². The number of carbonyl (C=O) groups is 1. The molecule has 22 heavy (non-hydrogen) atoms. The van der Waals surface area contributed by atoms with E-state index < -0.39 is 17.9 Å². The van der Waals surface area contributed by atoms with Gasteiger partial charge in [-0.3, -0.25) is 4.79 Å². The molecular formula is C17H28O5. The fourth-order valence-electron chi connectivity index (χ4n) is 2.53. The highest BCUT2D eigenvalue weighted by Gasteiger charge is 2.42. The van der Waals surface area contributed by atoms with E-state index in [4.69, 9.17) is 19.6 Å². The largest absolute Gasteiger partial charge is 0.481 e. The number of ether oxygens (including phenoxy) is 1. The summed E-state index contributed by atoms with van der Waals surface area (Å²) >= 11 is 0. The molecule has 126 valence electrons. The lowest BCUT2D eigenvalue weighted by molar-refractivity contribution is -0.475. The van der Waals surface area contributed by atoms with Crippen LogP contribution in [0.15, 0.2) is 23.8 Å². The molecular weight excluding hydrogens is 284 g/mol. The maximum atomic E-state index is 10.8. The van der Waals surface area contributed by atoms with Gasteiger partial charge in [-0.25, -0.2) is 9.78 Å². The molecule has 5 heteroatoms. The standard InChI is InChI=1S/C17H28O5/c1-5-13(2)9-7-6-8-10-17(20-4)12-14(3)15(21-22-17)11-16(18)19/h5,7,9,14-15H,6,8,10-12H2,1-4H3,(H,18,19)/b9-7+,13-5+/t14-,15-,17-/m0/s1. The molecule has 0 amide bonds. The van der Waals surface area contributed by atoms with Crippen LogP contribution in [0.1, 0.15) is 52.9 Å². The van der Waals surface area contributed by atoms with Crippen molar-refractivity contribution < 1.29 is 24.4 Å². The van der Waals surface area contributed by atoms with Crippen LogP contribution in [0, 0.1) is 5.92 Å². The minimum Gasteiger partial charge on any atom is -0.481 e. The molecule has 3 atom stereocenters. The zero-order valence-corrected chi connectivity index (χ0v) is 14.0. The molecule has 1 rings (SSSR count). The van der Waals surface area contributed by atoms with Crippen LogP contribution in [0.3, 0.4) is 0 Å². The third-order valence-corrected chi connectivity index (χ3v) is 4.10. The number of carboxylic acids is 1. The molecule has 1 heterocycles. The summed E-state index contributed by atoms with van der Waals surface area (Å²) in [6.07, 6.45) is 9.04. The summed E-state index contributed by atoms with van der Waals surface area (Å²) < 4.78 is 5.52. The maximum Gasteiger partial charge on any atom is 0.306 e. The molecule has 0 bridgehead atoms. The van der Waals surface area contributed by atoms with Gasteiger partial charge >= 0.3 is 5.97 Å². The summed E-state index contributed by atoms with van der Waals surface area (Å²) in [5.41, 5.74) is 1.24. The zero-order chi connectivity index (χ0) is 16.6. The first-order valence-corrected chi connectivity index (χ1v) is 7.83. The quantitative estimate of drug-likeness (QED) is 0.419. The molecule has 1 fully saturated rings. The predicted molar refractivity (Wildman–Crippen MR) is 84.2 cm³/mol. The Bertz CT molecular complexity index is 415. The van der Waals surface area contributed by atoms with E-state index in [1.165, 1.54) is 5.57 Å². The highest BCUT2D eigenvalue weighted by Crippen LogP contribution is 2.36. The van der Waals surface area contributed by atoms with Crippen molar-refractivity contribution in [3.8, 4) is 0 Å². The number of aliphatic carboxylic acids is 1. The SMILES string of the molecule is C/C=C(C)/C=C/CCC[C@@]1(OC)C[C@H](C)[C@H](CC(=O)O)OO1. The van der Waals surface area contributed by atoms with E-state index in [0.717, 1.165) is 12.8 Å². The van der Waals surface area contributed by atoms with Gasteiger partial charge in [-0.1, -0.05) is 30.7 Å². The summed E-state index contributed by atoms with van der Waals surface area (Å²) in [5, 5.41) is 8.86. The van der Waals surface area contributed by atoms with E-state index in [0.29, 0.717) is 12.8 Å². The van der Waals surface area contributed by atoms with Gasteiger partial charge in [-0.05, 0) is 32.6 Å². The van der Waals surface area contributed by atoms with Crippen molar-refractivity contribution in [3.05, 3.63) is 23.8 Å². The van der Waals surface area contributed by atoms with Crippen LogP contribution in [-0.4, -0.2) is 30.1 Å². The van der Waals surface area contributed by atoms with Gasteiger partial charge in [0.05, 0.1) is 6.42 Å². The summed E-state index contributed by atoms with van der Waals surface area (Å²) in [6.45, 7) is 6.05. The first kappa shape index (κ1) is 18.9. The topological polar surface area (TPSA) is 65.0 Å². The van der Waals surface area contributed by atoms with E-state index >= 15 is 0 Å². The van der Waals surface area contributed by atoms with E-state index in [-0.39, 0.29) is 12.3 Å². The Hall–Kier alpha value is -1.17. The van der Waals surface area contributed by atoms with E-state index in [2.05, 4.69) is 25.2 Å². The lowest BCUT2D eigenvalue weighted by Gasteiger charge is -2.40. The average molecular weight is 312 g/mol. The van der Waals surface area contributed by atoms with Crippen molar-refractivity contribution >= 4 is 5.97 Å². The fourth-order valence-corrected chi connectivity index (χ4v) is 2.53. The molecule has 0 aromatic rings. The third kappa shape index (κ3) is 5.91. The van der Waals surface area contributed by atoms with Crippen molar-refractivity contribution in [2.24, 2.45) is 5.92 Å². The second kappa shape index (κ2) is 9.08. The predicted octanol–water partition coefficient (Wildman–Crippen LogP) is 3.85. The van der Waals surface area contributed by atoms with Crippen LogP contribution >= 0.6 is 0 Å². The molecule has 0 saturated carbocycles. The van der Waals surface area contributed by atoms with Crippen molar-refractivity contribution in [2.75, 3.05) is 7.11 Å². The van der Waals surface area contributed by atoms with Crippen LogP contribution < -0.4 is 0 Å². The Labute approximate surface area is 132 Å². The summed E-state index contributed by atoms with van der Waals surface area (Å²) in [5.74, 6) is -1.57. The van der Waals surface area contributed by atoms with E-state index in [1.807, 2.05) is 13.8 Å². The normalized spacial score (nSPS) is 29.9. The Morgan fingerprint density at radius 3 is 2.77 bits per heavy atom. The van der Waals surface area contributed by atoms with Gasteiger partial charge in [0.2, 0.25) is 5.79 Å². The summed E-state index contributed by atoms with van der Waals surface area (Å²) in [4.78, 5) is 21.5. The van der Waals surface area contributed by atoms with Crippen molar-refractivity contribution in [2.45, 2.75) is 64.8 Å². The molecule has 0 aliphatic carbocycles. The molecule has 1 aliphatic rings. The Morgan fingerprint density at radius 2 is 2.23 bits per heavy atom. The average Bonchev–Trinajstić information content (AvgIpc) is 2.49. The smallest absolute Gasteiger partial charge is 0.306 e. The molecule has 1 saturated heterocycles. The van der Waals surface area contributed by atoms with Gasteiger partial charge in [0.25, 0.3) is 0 Å². The van der Waals surface area contributed by atoms with Gasteiger partial charge in [0.15, 0.2) is 0 Å². The second-order valence-corrected chi connectivity index (χ2v) is 5.94. The first-order valence-electron chi connectivity index (χ1n) is 7.83. The maximum absolute atomic E-state index is 10.8. The van der Waals surface area contributed by atoms with Crippen LogP contribution in [0.5, 0.6) is 0 Å². The third-order valence-electron chi connectivity index (χ3n) is 4.10. The Kier molecular flexibility index (Phi) is 7.79. The van der Waals surface area contributed by atoms with Gasteiger partial charge in [-0.15, -0.1) is 0 Å². The number of hydrogen-bond acceptors (Lipinski definition) is 4. The number of rotatable bonds is 8. The molecule has 1 N–H and O–H groups in total. The minimum atomic E-state index is -0.880. The molecule has 0 aromatic heterocycles. The van der Waals surface area contributed by atoms with Gasteiger partial charge in [0.1, 0.15) is 6.10 Å². The number of allylic oxidation sites excluding steroid dienone is 4. The van der Waals surface area contributed by atoms with Crippen molar-refractivity contribution in [1.82, 2.24) is 0 Å². The molecule has 0 spiro atoms. The number of methoxy groups -OCH3 is 1. The lowest BCUT2D eigenvalue weighted by atomic mass is 9.90. The Morgan fingerprint density at radius 1 is 1.50 bits per heavy atom. The molecule has 0 unspecified atom stereocenters. The van der Waals surface area contributed by atoms with Gasteiger partial charge in [-0.2, -0.15) is 0 Å². The first-order chi connectivity index (χ1) is 10.4. The summed E-state index contributed by atoms with van der Waals surface area (Å²) in [6, 6.07) is 0. The molecule has 1 aliphatic heterocycles. The van der Waals surface area contributed by atoms with E-state index in [1.54, 1.807) is 7.11 Å². The van der Waals surface area contributed by atoms with Crippen LogP contribution in [-0.2, 0) is 19.3 Å². The number of unbranched alkanes of at least 4 members (excludes halogenated alkanes) is 1. The zero-order valence-electron chi connectivity index (χ0n) is 14.0. The van der Waals surface area contributed by atoms with Gasteiger partial charge in [0, 0.05) is 20.0 Å². The van der Waals surface area contributed by atoms with Gasteiger partial charge < -0.3 is 9.84 Å². The van der Waals surface area contributed by atoms with Crippen LogP contribution in [0.25, 0.3) is 0 Å². The summed E-state index contributed by atoms with van der Waals surface area (Å²) in [7, 11) is 1.60. The highest BCUT2D eigenvalue weighted by atomic mass is 17.2. The number of carboxylic acid groups (broad SMARTS) is 1. The van der Waals surface area contributed by atoms with Crippen molar-refractivity contribution in [1.29, 1.82) is 0 Å². The molecule has 5 nitrogen and oxygen atoms in total. The lowest BCUT2D eigenvalue weighted by Crippen LogP contribution is -2.46. The monoisotopic (exact) mass is 312 g/mol. The Balaban J connectivity index is 2.46. The minimum absolute atomic E-state index is 0.0493. The second-order valence-electron chi connectivity index (χ2n) is 5.94. The van der Waals surface area contributed by atoms with E-state index in [9.17, 15) is 4.79 Å². The fraction of sp³-hybridized carbons (Fsp3) is 0.706. The molecule has 0 radical (unpaired) electrons. The van der Waals surface area contributed by atoms with Crippen LogP contribution in [0.2, 0.25) is 0 Å². The van der Waals surface area contributed by atoms with Crippen LogP contribution in [0.4, 0.5) is 0 Å². The highest BCUT2D eigenvalue weighted by molar-refractivity contribution is 5.67. The molecule has 0 aromatic carbocycles. The number of hydrogen-bond donors (Lipinski definition) is 1.